The third-order valence-electron chi connectivity index (χ3n) is 6.17. The van der Waals surface area contributed by atoms with Crippen LogP contribution in [0.1, 0.15) is 34.5 Å². The van der Waals surface area contributed by atoms with Crippen LogP contribution in [0.25, 0.3) is 16.8 Å². The molecule has 5 rings (SSSR count). The first-order valence-corrected chi connectivity index (χ1v) is 12.4. The molecule has 7 nitrogen and oxygen atoms in total. The van der Waals surface area contributed by atoms with Crippen molar-refractivity contribution in [2.24, 2.45) is 0 Å². The summed E-state index contributed by atoms with van der Waals surface area (Å²) in [6.07, 6.45) is 7.22. The molecule has 0 atom stereocenters. The lowest BCUT2D eigenvalue weighted by molar-refractivity contribution is -0.118. The number of nitrogens with zero attached hydrogens (tertiary/aromatic N) is 3. The molecule has 0 spiro atoms. The smallest absolute Gasteiger partial charge is 0.258 e. The molecule has 0 aliphatic heterocycles. The average molecular weight is 508 g/mol. The van der Waals surface area contributed by atoms with E-state index in [1.54, 1.807) is 30.6 Å². The summed E-state index contributed by atoms with van der Waals surface area (Å²) < 4.78 is 14.9. The Balaban J connectivity index is 1.28. The number of aryl methyl sites for hydroxylation is 1. The van der Waals surface area contributed by atoms with E-state index < -0.39 is 0 Å². The van der Waals surface area contributed by atoms with E-state index in [0.717, 1.165) is 28.1 Å². The van der Waals surface area contributed by atoms with Gasteiger partial charge in [0.1, 0.15) is 11.6 Å². The third-order valence-corrected chi connectivity index (χ3v) is 6.17. The molecule has 0 aliphatic rings. The van der Waals surface area contributed by atoms with E-state index in [-0.39, 0.29) is 23.9 Å². The highest BCUT2D eigenvalue weighted by molar-refractivity contribution is 6.04. The lowest BCUT2D eigenvalue weighted by atomic mass is 10.0. The first kappa shape index (κ1) is 24.8. The van der Waals surface area contributed by atoms with E-state index in [2.05, 4.69) is 20.5 Å². The second-order valence-electron chi connectivity index (χ2n) is 8.98. The maximum Gasteiger partial charge on any atom is 0.258 e. The van der Waals surface area contributed by atoms with E-state index in [4.69, 9.17) is 0 Å². The van der Waals surface area contributed by atoms with Gasteiger partial charge in [0.25, 0.3) is 5.91 Å². The molecule has 3 aromatic carbocycles. The second kappa shape index (κ2) is 11.5. The fraction of sp³-hybridized carbons (Fsp3) is 0.133. The van der Waals surface area contributed by atoms with Gasteiger partial charge in [-0.1, -0.05) is 42.5 Å². The molecule has 1 amide bonds. The zero-order valence-corrected chi connectivity index (χ0v) is 20.6. The molecular formula is C30H26FN5O2. The van der Waals surface area contributed by atoms with Gasteiger partial charge in [0.2, 0.25) is 5.95 Å². The molecule has 190 valence electrons. The van der Waals surface area contributed by atoms with Gasteiger partial charge in [0, 0.05) is 42.0 Å². The number of benzene rings is 3. The highest BCUT2D eigenvalue weighted by atomic mass is 19.1. The van der Waals surface area contributed by atoms with Gasteiger partial charge < -0.3 is 0 Å². The van der Waals surface area contributed by atoms with Gasteiger partial charge in [0.15, 0.2) is 0 Å². The summed E-state index contributed by atoms with van der Waals surface area (Å²) in [5, 5.41) is 9.71. The average Bonchev–Trinajstić information content (AvgIpc) is 3.61. The van der Waals surface area contributed by atoms with Crippen LogP contribution in [0.4, 0.5) is 10.3 Å². The molecule has 2 heterocycles. The number of rotatable bonds is 10. The first-order chi connectivity index (χ1) is 18.5. The number of ketones is 1. The van der Waals surface area contributed by atoms with Crippen LogP contribution in [-0.4, -0.2) is 31.4 Å². The molecule has 2 aromatic heterocycles. The minimum absolute atomic E-state index is 0.0881. The molecule has 0 radical (unpaired) electrons. The van der Waals surface area contributed by atoms with Gasteiger partial charge in [-0.15, -0.1) is 0 Å². The molecule has 0 aliphatic carbocycles. The van der Waals surface area contributed by atoms with Gasteiger partial charge in [-0.05, 0) is 60.4 Å². The summed E-state index contributed by atoms with van der Waals surface area (Å²) in [5.74, 6) is -0.101. The Kier molecular flexibility index (Phi) is 7.49. The highest BCUT2D eigenvalue weighted by Gasteiger charge is 2.15. The Morgan fingerprint density at radius 2 is 1.76 bits per heavy atom. The summed E-state index contributed by atoms with van der Waals surface area (Å²) >= 11 is 0. The van der Waals surface area contributed by atoms with Gasteiger partial charge in [-0.2, -0.15) is 5.10 Å². The van der Waals surface area contributed by atoms with Gasteiger partial charge in [-0.3, -0.25) is 24.6 Å². The van der Waals surface area contributed by atoms with Gasteiger partial charge >= 0.3 is 0 Å². The van der Waals surface area contributed by atoms with Gasteiger partial charge in [0.05, 0.1) is 11.9 Å². The number of aromatic amines is 1. The van der Waals surface area contributed by atoms with Crippen LogP contribution >= 0.6 is 0 Å². The normalized spacial score (nSPS) is 10.9. The Morgan fingerprint density at radius 3 is 2.53 bits per heavy atom. The molecule has 38 heavy (non-hydrogen) atoms. The van der Waals surface area contributed by atoms with Crippen molar-refractivity contribution in [1.82, 2.24) is 19.7 Å². The van der Waals surface area contributed by atoms with Gasteiger partial charge in [-0.25, -0.2) is 9.37 Å². The maximum absolute atomic E-state index is 13.2. The topological polar surface area (TPSA) is 92.7 Å². The number of para-hydroxylation sites is 1. The van der Waals surface area contributed by atoms with E-state index in [9.17, 15) is 14.0 Å². The zero-order chi connectivity index (χ0) is 26.3. The Labute approximate surface area is 219 Å². The molecular weight excluding hydrogens is 481 g/mol. The lowest BCUT2D eigenvalue weighted by Gasteiger charge is -2.09. The predicted molar refractivity (Wildman–Crippen MR) is 144 cm³/mol. The van der Waals surface area contributed by atoms with Crippen molar-refractivity contribution in [2.75, 3.05) is 5.32 Å². The number of amides is 1. The van der Waals surface area contributed by atoms with Crippen LogP contribution in [-0.2, 0) is 17.6 Å². The van der Waals surface area contributed by atoms with Crippen LogP contribution in [0.15, 0.2) is 97.5 Å². The summed E-state index contributed by atoms with van der Waals surface area (Å²) in [7, 11) is 0. The number of hydrogen-bond donors (Lipinski definition) is 2. The van der Waals surface area contributed by atoms with Crippen LogP contribution in [0, 0.1) is 5.82 Å². The second-order valence-corrected chi connectivity index (χ2v) is 8.98. The highest BCUT2D eigenvalue weighted by Crippen LogP contribution is 2.22. The molecule has 0 fully saturated rings. The number of anilines is 1. The lowest BCUT2D eigenvalue weighted by Crippen LogP contribution is -2.15. The molecule has 0 unspecified atom stereocenters. The van der Waals surface area contributed by atoms with Crippen LogP contribution < -0.4 is 5.32 Å². The van der Waals surface area contributed by atoms with Crippen molar-refractivity contribution >= 4 is 17.6 Å². The van der Waals surface area contributed by atoms with E-state index in [1.807, 2.05) is 59.3 Å². The number of carbonyl (C=O) groups excluding carboxylic acids is 2. The van der Waals surface area contributed by atoms with Crippen molar-refractivity contribution in [3.8, 4) is 16.8 Å². The minimum Gasteiger partial charge on any atom is -0.299 e. The van der Waals surface area contributed by atoms with Crippen molar-refractivity contribution < 1.29 is 14.0 Å². The van der Waals surface area contributed by atoms with Crippen LogP contribution in [0.5, 0.6) is 0 Å². The molecule has 0 saturated carbocycles. The van der Waals surface area contributed by atoms with Crippen molar-refractivity contribution in [3.63, 3.8) is 0 Å². The number of imidazole rings is 1. The SMILES string of the molecule is O=C(CCCc1cn(-c2ccccc2)c(NC(=O)c2cccc(-c3cn[nH]c3)c2)n1)Cc1ccc(F)cc1. The largest absolute Gasteiger partial charge is 0.299 e. The number of carbonyl (C=O) groups is 2. The molecule has 5 aromatic rings. The zero-order valence-electron chi connectivity index (χ0n) is 20.6. The monoisotopic (exact) mass is 507 g/mol. The van der Waals surface area contributed by atoms with Crippen molar-refractivity contribution in [2.45, 2.75) is 25.7 Å². The van der Waals surface area contributed by atoms with Crippen LogP contribution in [0.2, 0.25) is 0 Å². The fourth-order valence-electron chi connectivity index (χ4n) is 4.23. The number of nitrogens with one attached hydrogen (secondary N) is 2. The number of Topliss-reactive ketones (excluding diaryl/α,β-unsaturated/α-hetero) is 1. The third kappa shape index (κ3) is 6.10. The quantitative estimate of drug-likeness (QED) is 0.250. The van der Waals surface area contributed by atoms with E-state index >= 15 is 0 Å². The minimum atomic E-state index is -0.316. The molecule has 0 saturated heterocycles. The van der Waals surface area contributed by atoms with E-state index in [1.165, 1.54) is 12.1 Å². The molecule has 0 bridgehead atoms. The fourth-order valence-corrected chi connectivity index (χ4v) is 4.23. The Bertz CT molecular complexity index is 1530. The number of hydrogen-bond acceptors (Lipinski definition) is 4. The van der Waals surface area contributed by atoms with Crippen LogP contribution in [0.3, 0.4) is 0 Å². The summed E-state index contributed by atoms with van der Waals surface area (Å²) in [6.45, 7) is 0. The number of halogens is 1. The first-order valence-electron chi connectivity index (χ1n) is 12.4. The van der Waals surface area contributed by atoms with Crippen molar-refractivity contribution in [3.05, 3.63) is 120 Å². The van der Waals surface area contributed by atoms with E-state index in [0.29, 0.717) is 30.8 Å². The summed E-state index contributed by atoms with van der Waals surface area (Å²) in [5.41, 5.74) is 4.70. The number of H-pyrrole nitrogens is 1. The van der Waals surface area contributed by atoms with Crippen molar-refractivity contribution in [1.29, 1.82) is 0 Å². The molecule has 2 N–H and O–H groups in total. The summed E-state index contributed by atoms with van der Waals surface area (Å²) in [6, 6.07) is 22.9. The number of aromatic nitrogens is 4. The Hall–Kier alpha value is -4.85. The maximum atomic E-state index is 13.2. The standard InChI is InChI=1S/C30H26FN5O2/c31-25-14-12-21(13-15-25)16-28(37)11-5-8-26-20-36(27-9-2-1-3-10-27)30(34-26)35-29(38)23-7-4-6-22(17-23)24-18-32-33-19-24/h1-4,6-7,9-10,12-15,17-20H,5,8,11,16H2,(H,32,33)(H,34,35,38). The predicted octanol–water partition coefficient (Wildman–Crippen LogP) is 5.79. The summed E-state index contributed by atoms with van der Waals surface area (Å²) in [4.78, 5) is 30.3. The molecule has 8 heteroatoms. The Morgan fingerprint density at radius 1 is 0.947 bits per heavy atom.